The van der Waals surface area contributed by atoms with E-state index < -0.39 is 38.1 Å². The molecular formula is C8H11F4NO4. The van der Waals surface area contributed by atoms with E-state index in [0.29, 0.717) is 0 Å². The van der Waals surface area contributed by atoms with Gasteiger partial charge in [-0.3, -0.25) is 0 Å². The van der Waals surface area contributed by atoms with Crippen molar-refractivity contribution in [1.29, 1.82) is 0 Å². The molecule has 100 valence electrons. The number of hydrogen-bond donors (Lipinski definition) is 1. The van der Waals surface area contributed by atoms with Crippen LogP contribution in [0.1, 0.15) is 6.42 Å². The Hall–Kier alpha value is -1.09. The van der Waals surface area contributed by atoms with Gasteiger partial charge >= 0.3 is 19.3 Å². The fraction of sp³-hybridized carbons (Fsp3) is 0.875. The third-order valence-corrected chi connectivity index (χ3v) is 2.33. The summed E-state index contributed by atoms with van der Waals surface area (Å²) < 4.78 is 55.5. The fourth-order valence-electron chi connectivity index (χ4n) is 1.69. The first kappa shape index (κ1) is 14.0. The van der Waals surface area contributed by atoms with Crippen LogP contribution in [0.5, 0.6) is 0 Å². The first-order valence-electron chi connectivity index (χ1n) is 4.73. The SMILES string of the molecule is O=C(O)N1C[C@@H](OC(F)F)C[C@H]1COC(F)F. The lowest BCUT2D eigenvalue weighted by atomic mass is 10.2. The number of likely N-dealkylation sites (tertiary alicyclic amines) is 1. The summed E-state index contributed by atoms with van der Waals surface area (Å²) in [5.41, 5.74) is 0. The van der Waals surface area contributed by atoms with Gasteiger partial charge in [-0.2, -0.15) is 17.6 Å². The van der Waals surface area contributed by atoms with Gasteiger partial charge in [0.15, 0.2) is 0 Å². The number of amides is 1. The monoisotopic (exact) mass is 261 g/mol. The third kappa shape index (κ3) is 4.35. The highest BCUT2D eigenvalue weighted by Crippen LogP contribution is 2.23. The standard InChI is InChI=1S/C8H11F4NO4/c9-6(10)16-3-4-1-5(17-7(11)12)2-13(4)8(14)15/h4-7H,1-3H2,(H,14,15)/t4-,5-/m0/s1. The van der Waals surface area contributed by atoms with E-state index in [1.165, 1.54) is 0 Å². The molecule has 1 N–H and O–H groups in total. The molecule has 0 aromatic carbocycles. The Labute approximate surface area is 93.9 Å². The van der Waals surface area contributed by atoms with Gasteiger partial charge in [-0.1, -0.05) is 0 Å². The molecule has 1 aliphatic heterocycles. The van der Waals surface area contributed by atoms with E-state index >= 15 is 0 Å². The Bertz CT molecular complexity index is 266. The number of carboxylic acid groups (broad SMARTS) is 1. The molecule has 0 aromatic rings. The molecule has 9 heteroatoms. The summed E-state index contributed by atoms with van der Waals surface area (Å²) in [5.74, 6) is 0. The van der Waals surface area contributed by atoms with Crippen molar-refractivity contribution < 1.29 is 36.9 Å². The molecule has 1 saturated heterocycles. The molecule has 1 amide bonds. The molecule has 0 aromatic heterocycles. The first-order chi connectivity index (χ1) is 7.90. The van der Waals surface area contributed by atoms with Crippen molar-refractivity contribution in [3.8, 4) is 0 Å². The average molecular weight is 261 g/mol. The average Bonchev–Trinajstić information content (AvgIpc) is 2.57. The largest absolute Gasteiger partial charge is 0.465 e. The Kier molecular flexibility index (Phi) is 4.94. The third-order valence-electron chi connectivity index (χ3n) is 2.33. The van der Waals surface area contributed by atoms with Crippen LogP contribution >= 0.6 is 0 Å². The van der Waals surface area contributed by atoms with E-state index in [2.05, 4.69) is 9.47 Å². The topological polar surface area (TPSA) is 59.0 Å². The van der Waals surface area contributed by atoms with E-state index in [0.717, 1.165) is 4.90 Å². The van der Waals surface area contributed by atoms with Gasteiger partial charge in [-0.05, 0) is 6.42 Å². The summed E-state index contributed by atoms with van der Waals surface area (Å²) in [6.45, 7) is -6.88. The zero-order valence-corrected chi connectivity index (χ0v) is 8.56. The Morgan fingerprint density at radius 2 is 2.00 bits per heavy atom. The van der Waals surface area contributed by atoms with Gasteiger partial charge in [0.05, 0.1) is 25.3 Å². The van der Waals surface area contributed by atoms with Crippen LogP contribution in [-0.2, 0) is 9.47 Å². The summed E-state index contributed by atoms with van der Waals surface area (Å²) in [7, 11) is 0. The highest BCUT2D eigenvalue weighted by Gasteiger charge is 2.37. The van der Waals surface area contributed by atoms with Crippen molar-refractivity contribution in [3.05, 3.63) is 0 Å². The maximum Gasteiger partial charge on any atom is 0.407 e. The lowest BCUT2D eigenvalue weighted by Crippen LogP contribution is -2.38. The van der Waals surface area contributed by atoms with Crippen LogP contribution in [0.25, 0.3) is 0 Å². The molecule has 1 fully saturated rings. The quantitative estimate of drug-likeness (QED) is 0.763. The van der Waals surface area contributed by atoms with Gasteiger partial charge in [-0.15, -0.1) is 0 Å². The summed E-state index contributed by atoms with van der Waals surface area (Å²) in [6.07, 6.45) is -2.48. The lowest BCUT2D eigenvalue weighted by Gasteiger charge is -2.20. The molecule has 0 unspecified atom stereocenters. The lowest BCUT2D eigenvalue weighted by molar-refractivity contribution is -0.159. The number of nitrogens with zero attached hydrogens (tertiary/aromatic N) is 1. The maximum atomic E-state index is 11.9. The Morgan fingerprint density at radius 1 is 1.35 bits per heavy atom. The second-order valence-electron chi connectivity index (χ2n) is 3.44. The van der Waals surface area contributed by atoms with Crippen LogP contribution < -0.4 is 0 Å². The highest BCUT2D eigenvalue weighted by atomic mass is 19.3. The van der Waals surface area contributed by atoms with Crippen LogP contribution in [0.2, 0.25) is 0 Å². The molecule has 1 heterocycles. The number of rotatable bonds is 5. The molecule has 0 aliphatic carbocycles. The highest BCUT2D eigenvalue weighted by molar-refractivity contribution is 5.66. The molecule has 2 atom stereocenters. The second kappa shape index (κ2) is 6.01. The summed E-state index contributed by atoms with van der Waals surface area (Å²) >= 11 is 0. The van der Waals surface area contributed by atoms with Crippen molar-refractivity contribution in [2.45, 2.75) is 31.8 Å². The molecule has 5 nitrogen and oxygen atoms in total. The maximum absolute atomic E-state index is 11.9. The van der Waals surface area contributed by atoms with Gasteiger partial charge in [-0.25, -0.2) is 4.79 Å². The molecule has 0 saturated carbocycles. The molecule has 0 radical (unpaired) electrons. The number of carbonyl (C=O) groups is 1. The van der Waals surface area contributed by atoms with Crippen LogP contribution in [0.3, 0.4) is 0 Å². The normalized spacial score (nSPS) is 24.9. The van der Waals surface area contributed by atoms with Crippen LogP contribution in [0.15, 0.2) is 0 Å². The molecule has 0 spiro atoms. The van der Waals surface area contributed by atoms with Crippen molar-refractivity contribution in [2.75, 3.05) is 13.2 Å². The van der Waals surface area contributed by atoms with Crippen LogP contribution in [0.4, 0.5) is 22.4 Å². The zero-order chi connectivity index (χ0) is 13.0. The van der Waals surface area contributed by atoms with E-state index in [4.69, 9.17) is 5.11 Å². The Balaban J connectivity index is 2.51. The predicted molar refractivity (Wildman–Crippen MR) is 46.0 cm³/mol. The van der Waals surface area contributed by atoms with Crippen molar-refractivity contribution in [2.24, 2.45) is 0 Å². The van der Waals surface area contributed by atoms with Crippen LogP contribution in [-0.4, -0.2) is 54.6 Å². The minimum absolute atomic E-state index is 0.0939. The van der Waals surface area contributed by atoms with Gasteiger partial charge in [0, 0.05) is 0 Å². The number of alkyl halides is 4. The smallest absolute Gasteiger partial charge is 0.407 e. The molecule has 1 rings (SSSR count). The van der Waals surface area contributed by atoms with E-state index in [9.17, 15) is 22.4 Å². The fourth-order valence-corrected chi connectivity index (χ4v) is 1.69. The van der Waals surface area contributed by atoms with Crippen molar-refractivity contribution in [1.82, 2.24) is 4.90 Å². The molecular weight excluding hydrogens is 250 g/mol. The summed E-state index contributed by atoms with van der Waals surface area (Å²) in [4.78, 5) is 11.5. The summed E-state index contributed by atoms with van der Waals surface area (Å²) in [5, 5.41) is 8.74. The summed E-state index contributed by atoms with van der Waals surface area (Å²) in [6, 6.07) is -0.898. The number of ether oxygens (including phenoxy) is 2. The minimum Gasteiger partial charge on any atom is -0.465 e. The second-order valence-corrected chi connectivity index (χ2v) is 3.44. The van der Waals surface area contributed by atoms with Gasteiger partial charge in [0.2, 0.25) is 0 Å². The zero-order valence-electron chi connectivity index (χ0n) is 8.56. The molecule has 0 bridgehead atoms. The predicted octanol–water partition coefficient (Wildman–Crippen LogP) is 1.59. The van der Waals surface area contributed by atoms with Crippen LogP contribution in [0, 0.1) is 0 Å². The first-order valence-corrected chi connectivity index (χ1v) is 4.73. The van der Waals surface area contributed by atoms with E-state index in [1.807, 2.05) is 0 Å². The minimum atomic E-state index is -3.03. The van der Waals surface area contributed by atoms with Gasteiger partial charge in [0.25, 0.3) is 0 Å². The number of halogens is 4. The molecule has 17 heavy (non-hydrogen) atoms. The Morgan fingerprint density at radius 3 is 2.47 bits per heavy atom. The van der Waals surface area contributed by atoms with E-state index in [1.54, 1.807) is 0 Å². The van der Waals surface area contributed by atoms with Gasteiger partial charge < -0.3 is 19.5 Å². The molecule has 1 aliphatic rings. The van der Waals surface area contributed by atoms with Crippen molar-refractivity contribution in [3.63, 3.8) is 0 Å². The van der Waals surface area contributed by atoms with Crippen molar-refractivity contribution >= 4 is 6.09 Å². The van der Waals surface area contributed by atoms with Gasteiger partial charge in [0.1, 0.15) is 0 Å². The van der Waals surface area contributed by atoms with E-state index in [-0.39, 0.29) is 13.0 Å². The number of hydrogen-bond acceptors (Lipinski definition) is 3.